The summed E-state index contributed by atoms with van der Waals surface area (Å²) in [4.78, 5) is 0. The van der Waals surface area contributed by atoms with Crippen LogP contribution in [0.25, 0.3) is 0 Å². The van der Waals surface area contributed by atoms with Gasteiger partial charge in [-0.3, -0.25) is 0 Å². The Balaban J connectivity index is 3.06. The van der Waals surface area contributed by atoms with Crippen LogP contribution in [0.2, 0.25) is 0 Å². The maximum absolute atomic E-state index is 12.6. The fourth-order valence-corrected chi connectivity index (χ4v) is 1.36. The van der Waals surface area contributed by atoms with Crippen molar-refractivity contribution < 1.29 is 23.4 Å². The molecular weight excluding hydrogens is 249 g/mol. The number of aliphatic hydroxyl groups is 2. The predicted molar refractivity (Wildman–Crippen MR) is 62.1 cm³/mol. The van der Waals surface area contributed by atoms with Gasteiger partial charge >= 0.3 is 6.18 Å². The number of nitrogen functional groups attached to an aromatic ring is 1. The van der Waals surface area contributed by atoms with Gasteiger partial charge in [0.15, 0.2) is 0 Å². The molecule has 0 saturated heterocycles. The second kappa shape index (κ2) is 5.03. The van der Waals surface area contributed by atoms with Crippen molar-refractivity contribution >= 4 is 11.4 Å². The summed E-state index contributed by atoms with van der Waals surface area (Å²) in [6, 6.07) is 3.33. The Bertz CT molecular complexity index is 417. The third-order valence-electron chi connectivity index (χ3n) is 2.50. The maximum Gasteiger partial charge on any atom is 0.418 e. The number of nitrogens with one attached hydrogen (secondary N) is 1. The average Bonchev–Trinajstić information content (AvgIpc) is 2.30. The Labute approximate surface area is 102 Å². The van der Waals surface area contributed by atoms with E-state index in [4.69, 9.17) is 15.9 Å². The number of hydrogen-bond acceptors (Lipinski definition) is 4. The van der Waals surface area contributed by atoms with Crippen LogP contribution in [-0.4, -0.2) is 29.0 Å². The van der Waals surface area contributed by atoms with Crippen molar-refractivity contribution in [2.24, 2.45) is 0 Å². The van der Waals surface area contributed by atoms with E-state index in [0.717, 1.165) is 12.1 Å². The Morgan fingerprint density at radius 3 is 2.22 bits per heavy atom. The Kier molecular flexibility index (Phi) is 4.08. The molecule has 7 heteroatoms. The van der Waals surface area contributed by atoms with E-state index in [1.54, 1.807) is 0 Å². The average molecular weight is 264 g/mol. The molecule has 0 radical (unpaired) electrons. The fraction of sp³-hybridized carbons (Fsp3) is 0.455. The summed E-state index contributed by atoms with van der Waals surface area (Å²) in [7, 11) is 0. The molecule has 1 aromatic carbocycles. The van der Waals surface area contributed by atoms with Gasteiger partial charge in [-0.1, -0.05) is 0 Å². The number of halogens is 3. The van der Waals surface area contributed by atoms with Crippen LogP contribution in [0, 0.1) is 0 Å². The molecule has 1 rings (SSSR count). The molecule has 0 heterocycles. The molecule has 18 heavy (non-hydrogen) atoms. The zero-order chi connectivity index (χ0) is 14.0. The Morgan fingerprint density at radius 1 is 1.22 bits per heavy atom. The minimum Gasteiger partial charge on any atom is -0.398 e. The third-order valence-corrected chi connectivity index (χ3v) is 2.50. The van der Waals surface area contributed by atoms with Crippen molar-refractivity contribution in [2.45, 2.75) is 18.6 Å². The van der Waals surface area contributed by atoms with Gasteiger partial charge in [0, 0.05) is 11.4 Å². The number of nitrogens with two attached hydrogens (primary N) is 1. The van der Waals surface area contributed by atoms with Crippen molar-refractivity contribution in [3.63, 3.8) is 0 Å². The SMILES string of the molecule is CC(CO)(CO)Nc1ccc(N)c(C(F)(F)F)c1. The first-order chi connectivity index (χ1) is 8.22. The van der Waals surface area contributed by atoms with Crippen LogP contribution < -0.4 is 11.1 Å². The van der Waals surface area contributed by atoms with Gasteiger partial charge in [0.2, 0.25) is 0 Å². The molecule has 0 atom stereocenters. The van der Waals surface area contributed by atoms with Crippen LogP contribution in [0.15, 0.2) is 18.2 Å². The van der Waals surface area contributed by atoms with Gasteiger partial charge in [0.25, 0.3) is 0 Å². The molecule has 1 aromatic rings. The van der Waals surface area contributed by atoms with Gasteiger partial charge < -0.3 is 21.3 Å². The fourth-order valence-electron chi connectivity index (χ4n) is 1.36. The van der Waals surface area contributed by atoms with Gasteiger partial charge in [-0.05, 0) is 25.1 Å². The molecule has 0 unspecified atom stereocenters. The van der Waals surface area contributed by atoms with Gasteiger partial charge in [0.1, 0.15) is 0 Å². The van der Waals surface area contributed by atoms with Crippen LogP contribution >= 0.6 is 0 Å². The molecule has 0 amide bonds. The molecular formula is C11H15F3N2O2. The highest BCUT2D eigenvalue weighted by Crippen LogP contribution is 2.35. The third kappa shape index (κ3) is 3.27. The van der Waals surface area contributed by atoms with E-state index in [0.29, 0.717) is 0 Å². The summed E-state index contributed by atoms with van der Waals surface area (Å²) in [5.74, 6) is 0. The minimum atomic E-state index is -4.55. The van der Waals surface area contributed by atoms with Crippen molar-refractivity contribution in [1.82, 2.24) is 0 Å². The Morgan fingerprint density at radius 2 is 1.78 bits per heavy atom. The monoisotopic (exact) mass is 264 g/mol. The second-order valence-corrected chi connectivity index (χ2v) is 4.30. The minimum absolute atomic E-state index is 0.127. The molecule has 0 aliphatic rings. The number of aliphatic hydroxyl groups excluding tert-OH is 2. The summed E-state index contributed by atoms with van der Waals surface area (Å²) in [5, 5.41) is 20.8. The van der Waals surface area contributed by atoms with Gasteiger partial charge in [0.05, 0.1) is 24.3 Å². The standard InChI is InChI=1S/C11H15F3N2O2/c1-10(5-17,6-18)16-7-2-3-9(15)8(4-7)11(12,13)14/h2-4,16-18H,5-6,15H2,1H3. The van der Waals surface area contributed by atoms with Crippen molar-refractivity contribution in [2.75, 3.05) is 24.3 Å². The number of hydrogen-bond donors (Lipinski definition) is 4. The van der Waals surface area contributed by atoms with Gasteiger partial charge in [-0.25, -0.2) is 0 Å². The van der Waals surface area contributed by atoms with Gasteiger partial charge in [-0.2, -0.15) is 13.2 Å². The summed E-state index contributed by atoms with van der Waals surface area (Å²) < 4.78 is 37.9. The summed E-state index contributed by atoms with van der Waals surface area (Å²) in [5.41, 5.74) is 2.96. The van der Waals surface area contributed by atoms with Crippen LogP contribution in [0.1, 0.15) is 12.5 Å². The van der Waals surface area contributed by atoms with Crippen molar-refractivity contribution in [1.29, 1.82) is 0 Å². The summed E-state index contributed by atoms with van der Waals surface area (Å²) in [6.45, 7) is 0.640. The van der Waals surface area contributed by atoms with E-state index >= 15 is 0 Å². The molecule has 0 spiro atoms. The number of anilines is 2. The van der Waals surface area contributed by atoms with E-state index in [1.807, 2.05) is 0 Å². The molecule has 5 N–H and O–H groups in total. The van der Waals surface area contributed by atoms with E-state index in [9.17, 15) is 13.2 Å². The van der Waals surface area contributed by atoms with Crippen molar-refractivity contribution in [3.05, 3.63) is 23.8 Å². The topological polar surface area (TPSA) is 78.5 Å². The van der Waals surface area contributed by atoms with Crippen LogP contribution in [0.5, 0.6) is 0 Å². The molecule has 0 aliphatic heterocycles. The predicted octanol–water partition coefficient (Wildman–Crippen LogP) is 1.44. The quantitative estimate of drug-likeness (QED) is 0.621. The second-order valence-electron chi connectivity index (χ2n) is 4.30. The smallest absolute Gasteiger partial charge is 0.398 e. The maximum atomic E-state index is 12.6. The molecule has 0 saturated carbocycles. The molecule has 0 aromatic heterocycles. The molecule has 0 aliphatic carbocycles. The molecule has 102 valence electrons. The first-order valence-electron chi connectivity index (χ1n) is 5.18. The van der Waals surface area contributed by atoms with Crippen LogP contribution in [0.3, 0.4) is 0 Å². The normalized spacial score (nSPS) is 12.6. The molecule has 4 nitrogen and oxygen atoms in total. The first-order valence-corrected chi connectivity index (χ1v) is 5.18. The van der Waals surface area contributed by atoms with Gasteiger partial charge in [-0.15, -0.1) is 0 Å². The van der Waals surface area contributed by atoms with E-state index in [1.165, 1.54) is 13.0 Å². The number of benzene rings is 1. The largest absolute Gasteiger partial charge is 0.418 e. The number of alkyl halides is 3. The molecule has 0 bridgehead atoms. The lowest BCUT2D eigenvalue weighted by molar-refractivity contribution is -0.136. The highest BCUT2D eigenvalue weighted by Gasteiger charge is 2.33. The highest BCUT2D eigenvalue weighted by molar-refractivity contribution is 5.59. The van der Waals surface area contributed by atoms with E-state index < -0.39 is 30.5 Å². The lowest BCUT2D eigenvalue weighted by Gasteiger charge is -2.28. The lowest BCUT2D eigenvalue weighted by Crippen LogP contribution is -2.42. The molecule has 0 fully saturated rings. The van der Waals surface area contributed by atoms with E-state index in [-0.39, 0.29) is 11.4 Å². The summed E-state index contributed by atoms with van der Waals surface area (Å²) >= 11 is 0. The van der Waals surface area contributed by atoms with E-state index in [2.05, 4.69) is 5.32 Å². The summed E-state index contributed by atoms with van der Waals surface area (Å²) in [6.07, 6.45) is -4.55. The lowest BCUT2D eigenvalue weighted by atomic mass is 10.0. The van der Waals surface area contributed by atoms with Crippen LogP contribution in [-0.2, 0) is 6.18 Å². The Hall–Kier alpha value is -1.47. The first kappa shape index (κ1) is 14.6. The zero-order valence-electron chi connectivity index (χ0n) is 9.75. The highest BCUT2D eigenvalue weighted by atomic mass is 19.4. The van der Waals surface area contributed by atoms with Crippen LogP contribution in [0.4, 0.5) is 24.5 Å². The number of rotatable bonds is 4. The zero-order valence-corrected chi connectivity index (χ0v) is 9.75. The van der Waals surface area contributed by atoms with Crippen molar-refractivity contribution in [3.8, 4) is 0 Å².